The van der Waals surface area contributed by atoms with Crippen molar-refractivity contribution in [1.29, 1.82) is 0 Å². The first-order valence-corrected chi connectivity index (χ1v) is 16.3. The summed E-state index contributed by atoms with van der Waals surface area (Å²) in [6.45, 7) is 0. The van der Waals surface area contributed by atoms with E-state index in [1.807, 2.05) is 0 Å². The Balaban J connectivity index is 1.16. The summed E-state index contributed by atoms with van der Waals surface area (Å²) in [5.41, 5.74) is 15.2. The van der Waals surface area contributed by atoms with Gasteiger partial charge in [-0.15, -0.1) is 0 Å². The van der Waals surface area contributed by atoms with E-state index in [1.54, 1.807) is 0 Å². The molecule has 2 nitrogen and oxygen atoms in total. The Hall–Kier alpha value is -4.82. The highest BCUT2D eigenvalue weighted by molar-refractivity contribution is 6.11. The molecule has 0 spiro atoms. The number of fused-ring (bicyclic) bond motifs is 6. The molecular formula is C42H36N2. The van der Waals surface area contributed by atoms with Gasteiger partial charge in [-0.2, -0.15) is 0 Å². The predicted molar refractivity (Wildman–Crippen MR) is 188 cm³/mol. The minimum Gasteiger partial charge on any atom is -0.317 e. The Labute approximate surface area is 259 Å². The van der Waals surface area contributed by atoms with Crippen LogP contribution in [0, 0.1) is 0 Å². The fourth-order valence-electron chi connectivity index (χ4n) is 7.92. The maximum Gasteiger partial charge on any atom is 0.0538 e. The highest BCUT2D eigenvalue weighted by Gasteiger charge is 2.22. The van der Waals surface area contributed by atoms with Crippen LogP contribution < -0.4 is 0 Å². The van der Waals surface area contributed by atoms with Crippen molar-refractivity contribution in [3.8, 4) is 11.1 Å². The van der Waals surface area contributed by atoms with Crippen molar-refractivity contribution in [2.75, 3.05) is 0 Å². The minimum absolute atomic E-state index is 1.07. The SMILES string of the molecule is C1=CCCC(C2=CC=C(n3c4c(c5cc(-c6ccc7c(c6)c6ccccc6n7C6=CC=CCC6)ccc53)C=CCC4)CC2)=C1. The molecule has 0 atom stereocenters. The number of rotatable bonds is 4. The first kappa shape index (κ1) is 25.7. The van der Waals surface area contributed by atoms with Gasteiger partial charge in [0.15, 0.2) is 0 Å². The standard InChI is InChI=1S/C42H36N2/c1-3-11-29(12-4-1)30-19-23-34(24-20-30)44-40-18-10-8-16-36(40)38-28-32(22-26-42(38)44)31-21-25-41-37(27-31)35-15-7-9-17-39(35)43(41)33-13-5-2-6-14-33/h1-3,5,7-9,11,13,15-17,19,21-23,25-28H,4,6,10,12,14,18,20,24H2. The summed E-state index contributed by atoms with van der Waals surface area (Å²) in [6, 6.07) is 23.1. The van der Waals surface area contributed by atoms with Crippen LogP contribution in [0.2, 0.25) is 0 Å². The van der Waals surface area contributed by atoms with E-state index in [2.05, 4.69) is 131 Å². The van der Waals surface area contributed by atoms with Gasteiger partial charge in [0.2, 0.25) is 0 Å². The molecule has 0 saturated heterocycles. The van der Waals surface area contributed by atoms with Gasteiger partial charge >= 0.3 is 0 Å². The third-order valence-corrected chi connectivity index (χ3v) is 10.1. The molecule has 44 heavy (non-hydrogen) atoms. The molecule has 2 heteroatoms. The molecule has 4 aliphatic rings. The number of para-hydroxylation sites is 1. The number of benzene rings is 3. The smallest absolute Gasteiger partial charge is 0.0538 e. The first-order valence-electron chi connectivity index (χ1n) is 16.3. The molecule has 3 aromatic carbocycles. The Bertz CT molecular complexity index is 2210. The summed E-state index contributed by atoms with van der Waals surface area (Å²) in [4.78, 5) is 0. The molecule has 2 aromatic heterocycles. The van der Waals surface area contributed by atoms with Gasteiger partial charge in [0.25, 0.3) is 0 Å². The summed E-state index contributed by atoms with van der Waals surface area (Å²) in [5, 5.41) is 4.02. The zero-order valence-electron chi connectivity index (χ0n) is 25.1. The van der Waals surface area contributed by atoms with Crippen molar-refractivity contribution < 1.29 is 0 Å². The van der Waals surface area contributed by atoms with Crippen molar-refractivity contribution in [2.24, 2.45) is 0 Å². The number of aromatic nitrogens is 2. The zero-order chi connectivity index (χ0) is 29.0. The van der Waals surface area contributed by atoms with Crippen LogP contribution in [-0.2, 0) is 6.42 Å². The molecule has 0 saturated carbocycles. The summed E-state index contributed by atoms with van der Waals surface area (Å²) in [5.74, 6) is 0. The quantitative estimate of drug-likeness (QED) is 0.204. The lowest BCUT2D eigenvalue weighted by Gasteiger charge is -2.22. The second kappa shape index (κ2) is 10.4. The maximum atomic E-state index is 2.59. The molecule has 0 aliphatic heterocycles. The summed E-state index contributed by atoms with van der Waals surface area (Å²) < 4.78 is 5.06. The molecule has 214 valence electrons. The third-order valence-electron chi connectivity index (χ3n) is 10.1. The maximum absolute atomic E-state index is 2.59. The largest absolute Gasteiger partial charge is 0.317 e. The highest BCUT2D eigenvalue weighted by Crippen LogP contribution is 2.41. The van der Waals surface area contributed by atoms with Crippen LogP contribution in [0.4, 0.5) is 0 Å². The molecule has 4 aliphatic carbocycles. The molecule has 0 amide bonds. The number of hydrogen-bond acceptors (Lipinski definition) is 0. The topological polar surface area (TPSA) is 9.86 Å². The predicted octanol–water partition coefficient (Wildman–Crippen LogP) is 11.4. The van der Waals surface area contributed by atoms with E-state index in [0.29, 0.717) is 0 Å². The van der Waals surface area contributed by atoms with Crippen molar-refractivity contribution in [3.63, 3.8) is 0 Å². The second-order valence-electron chi connectivity index (χ2n) is 12.6. The first-order chi connectivity index (χ1) is 21.8. The van der Waals surface area contributed by atoms with Crippen molar-refractivity contribution in [2.45, 2.75) is 51.4 Å². The van der Waals surface area contributed by atoms with Gasteiger partial charge in [0.05, 0.1) is 16.6 Å². The Kier molecular flexibility index (Phi) is 6.07. The van der Waals surface area contributed by atoms with Gasteiger partial charge in [-0.1, -0.05) is 78.9 Å². The Morgan fingerprint density at radius 2 is 1.18 bits per heavy atom. The molecule has 0 radical (unpaired) electrons. The summed E-state index contributed by atoms with van der Waals surface area (Å²) in [7, 11) is 0. The van der Waals surface area contributed by atoms with Gasteiger partial charge in [0, 0.05) is 38.8 Å². The second-order valence-corrected chi connectivity index (χ2v) is 12.6. The minimum atomic E-state index is 1.07. The average molecular weight is 569 g/mol. The fraction of sp³-hybridized carbons (Fsp3) is 0.190. The lowest BCUT2D eigenvalue weighted by atomic mass is 9.90. The zero-order valence-corrected chi connectivity index (χ0v) is 25.1. The van der Waals surface area contributed by atoms with Gasteiger partial charge < -0.3 is 9.13 Å². The van der Waals surface area contributed by atoms with Gasteiger partial charge in [-0.25, -0.2) is 0 Å². The normalized spacial score (nSPS) is 18.0. The number of hydrogen-bond donors (Lipinski definition) is 0. The van der Waals surface area contributed by atoms with Crippen LogP contribution in [-0.4, -0.2) is 9.13 Å². The van der Waals surface area contributed by atoms with Crippen LogP contribution in [0.25, 0.3) is 61.3 Å². The van der Waals surface area contributed by atoms with E-state index in [0.717, 1.165) is 44.9 Å². The van der Waals surface area contributed by atoms with Gasteiger partial charge in [-0.3, -0.25) is 0 Å². The lowest BCUT2D eigenvalue weighted by molar-refractivity contribution is 0.841. The number of allylic oxidation sites excluding steroid dienone is 13. The summed E-state index contributed by atoms with van der Waals surface area (Å²) in [6.07, 6.45) is 32.0. The molecule has 0 fully saturated rings. The summed E-state index contributed by atoms with van der Waals surface area (Å²) >= 11 is 0. The average Bonchev–Trinajstić information content (AvgIpc) is 3.61. The van der Waals surface area contributed by atoms with E-state index in [-0.39, 0.29) is 0 Å². The molecule has 0 bridgehead atoms. The van der Waals surface area contributed by atoms with E-state index >= 15 is 0 Å². The Morgan fingerprint density at radius 1 is 0.477 bits per heavy atom. The van der Waals surface area contributed by atoms with Crippen molar-refractivity contribution in [1.82, 2.24) is 9.13 Å². The molecule has 5 aromatic rings. The van der Waals surface area contributed by atoms with E-state index in [4.69, 9.17) is 0 Å². The molecule has 2 heterocycles. The van der Waals surface area contributed by atoms with Crippen LogP contribution >= 0.6 is 0 Å². The highest BCUT2D eigenvalue weighted by atomic mass is 15.0. The van der Waals surface area contributed by atoms with Crippen molar-refractivity contribution in [3.05, 3.63) is 138 Å². The Morgan fingerprint density at radius 3 is 1.95 bits per heavy atom. The van der Waals surface area contributed by atoms with Crippen molar-refractivity contribution >= 4 is 50.2 Å². The number of nitrogens with zero attached hydrogens (tertiary/aromatic N) is 2. The van der Waals surface area contributed by atoms with Gasteiger partial charge in [-0.05, 0) is 116 Å². The third kappa shape index (κ3) is 4.08. The van der Waals surface area contributed by atoms with E-state index in [9.17, 15) is 0 Å². The van der Waals surface area contributed by atoms with Crippen LogP contribution in [0.5, 0.6) is 0 Å². The molecule has 9 rings (SSSR count). The molecule has 0 N–H and O–H groups in total. The lowest BCUT2D eigenvalue weighted by Crippen LogP contribution is -2.07. The van der Waals surface area contributed by atoms with E-state index < -0.39 is 0 Å². The van der Waals surface area contributed by atoms with Crippen LogP contribution in [0.3, 0.4) is 0 Å². The molecule has 0 unspecified atom stereocenters. The van der Waals surface area contributed by atoms with E-state index in [1.165, 1.54) is 84.1 Å². The van der Waals surface area contributed by atoms with Gasteiger partial charge in [0.1, 0.15) is 0 Å². The monoisotopic (exact) mass is 568 g/mol. The van der Waals surface area contributed by atoms with Crippen LogP contribution in [0.15, 0.2) is 126 Å². The van der Waals surface area contributed by atoms with Crippen LogP contribution in [0.1, 0.15) is 56.2 Å². The fourth-order valence-corrected chi connectivity index (χ4v) is 7.92. The molecular weight excluding hydrogens is 532 g/mol.